The molecule has 1 atom stereocenters. The van der Waals surface area contributed by atoms with Gasteiger partial charge in [0.05, 0.1) is 0 Å². The number of likely N-dealkylation sites (tertiary alicyclic amines) is 1. The number of piperidine rings is 1. The second-order valence-electron chi connectivity index (χ2n) is 6.07. The summed E-state index contributed by atoms with van der Waals surface area (Å²) in [5.41, 5.74) is 3.72. The van der Waals surface area contributed by atoms with Crippen molar-refractivity contribution in [3.8, 4) is 0 Å². The highest BCUT2D eigenvalue weighted by Gasteiger charge is 2.20. The van der Waals surface area contributed by atoms with Crippen molar-refractivity contribution in [3.05, 3.63) is 59.7 Å². The molecule has 0 radical (unpaired) electrons. The average molecular weight is 281 g/mol. The number of hydrogen-bond donors (Lipinski definition) is 0. The minimum absolute atomic E-state index is 0.731. The van der Waals surface area contributed by atoms with Crippen LogP contribution in [0.3, 0.4) is 0 Å². The molecule has 0 aliphatic carbocycles. The van der Waals surface area contributed by atoms with Crippen LogP contribution in [0.25, 0.3) is 0 Å². The number of hydrogen-bond acceptors (Lipinski definition) is 3. The molecule has 3 nitrogen and oxygen atoms in total. The number of aromatic nitrogens is 2. The molecule has 0 amide bonds. The van der Waals surface area contributed by atoms with Gasteiger partial charge in [0.25, 0.3) is 0 Å². The summed E-state index contributed by atoms with van der Waals surface area (Å²) in [5.74, 6) is 0.731. The number of pyridine rings is 2. The lowest BCUT2D eigenvalue weighted by Gasteiger charge is -2.32. The van der Waals surface area contributed by atoms with E-state index in [-0.39, 0.29) is 0 Å². The van der Waals surface area contributed by atoms with Crippen LogP contribution in [0.2, 0.25) is 0 Å². The lowest BCUT2D eigenvalue weighted by atomic mass is 9.93. The third-order valence-corrected chi connectivity index (χ3v) is 4.20. The summed E-state index contributed by atoms with van der Waals surface area (Å²) < 4.78 is 0. The van der Waals surface area contributed by atoms with Crippen molar-refractivity contribution in [2.45, 2.75) is 32.7 Å². The Balaban J connectivity index is 1.58. The Kier molecular flexibility index (Phi) is 4.61. The minimum Gasteiger partial charge on any atom is -0.299 e. The zero-order chi connectivity index (χ0) is 14.5. The molecule has 21 heavy (non-hydrogen) atoms. The Morgan fingerprint density at radius 2 is 2.05 bits per heavy atom. The van der Waals surface area contributed by atoms with Crippen molar-refractivity contribution in [1.29, 1.82) is 0 Å². The molecular weight excluding hydrogens is 258 g/mol. The molecule has 0 bridgehead atoms. The van der Waals surface area contributed by atoms with Crippen LogP contribution in [0.4, 0.5) is 0 Å². The Hall–Kier alpha value is -1.74. The Bertz CT molecular complexity index is 568. The molecule has 3 heterocycles. The molecule has 0 spiro atoms. The van der Waals surface area contributed by atoms with Crippen molar-refractivity contribution >= 4 is 0 Å². The summed E-state index contributed by atoms with van der Waals surface area (Å²) in [6, 6.07) is 10.6. The molecule has 0 aromatic carbocycles. The molecule has 1 unspecified atom stereocenters. The lowest BCUT2D eigenvalue weighted by molar-refractivity contribution is 0.166. The van der Waals surface area contributed by atoms with Gasteiger partial charge in [-0.2, -0.15) is 0 Å². The lowest BCUT2D eigenvalue weighted by Crippen LogP contribution is -2.35. The summed E-state index contributed by atoms with van der Waals surface area (Å²) in [6.07, 6.45) is 7.49. The van der Waals surface area contributed by atoms with Crippen molar-refractivity contribution in [1.82, 2.24) is 14.9 Å². The van der Waals surface area contributed by atoms with Crippen LogP contribution in [-0.2, 0) is 13.0 Å². The van der Waals surface area contributed by atoms with Gasteiger partial charge in [0.2, 0.25) is 0 Å². The first kappa shape index (κ1) is 14.2. The number of rotatable bonds is 4. The van der Waals surface area contributed by atoms with E-state index in [2.05, 4.69) is 52.1 Å². The van der Waals surface area contributed by atoms with Crippen LogP contribution >= 0.6 is 0 Å². The molecular formula is C18H23N3. The van der Waals surface area contributed by atoms with Crippen molar-refractivity contribution in [3.63, 3.8) is 0 Å². The third-order valence-electron chi connectivity index (χ3n) is 4.20. The molecule has 110 valence electrons. The van der Waals surface area contributed by atoms with Gasteiger partial charge in [-0.1, -0.05) is 6.07 Å². The molecule has 1 aliphatic heterocycles. The predicted octanol–water partition coefficient (Wildman–Crippen LogP) is 3.24. The smallest absolute Gasteiger partial charge is 0.0410 e. The summed E-state index contributed by atoms with van der Waals surface area (Å²) in [5, 5.41) is 0. The largest absolute Gasteiger partial charge is 0.299 e. The van der Waals surface area contributed by atoms with Gasteiger partial charge in [-0.15, -0.1) is 0 Å². The van der Waals surface area contributed by atoms with Gasteiger partial charge in [0.15, 0.2) is 0 Å². The topological polar surface area (TPSA) is 29.0 Å². The molecule has 0 saturated carbocycles. The van der Waals surface area contributed by atoms with E-state index in [9.17, 15) is 0 Å². The maximum absolute atomic E-state index is 4.65. The fourth-order valence-electron chi connectivity index (χ4n) is 3.22. The van der Waals surface area contributed by atoms with Crippen molar-refractivity contribution in [2.75, 3.05) is 13.1 Å². The first-order valence-corrected chi connectivity index (χ1v) is 7.83. The minimum atomic E-state index is 0.731. The van der Waals surface area contributed by atoms with E-state index in [1.54, 1.807) is 0 Å². The van der Waals surface area contributed by atoms with Crippen molar-refractivity contribution in [2.24, 2.45) is 5.92 Å². The standard InChI is InChI=1S/C18H23N3/c1-15-4-2-6-18(20-15)12-17-5-3-11-21(14-17)13-16-7-9-19-10-8-16/h2,4,6-10,17H,3,5,11-14H2,1H3. The number of nitrogens with zero attached hydrogens (tertiary/aromatic N) is 3. The van der Waals surface area contributed by atoms with Gasteiger partial charge in [0.1, 0.15) is 0 Å². The second kappa shape index (κ2) is 6.81. The summed E-state index contributed by atoms with van der Waals surface area (Å²) in [7, 11) is 0. The fraction of sp³-hybridized carbons (Fsp3) is 0.444. The highest BCUT2D eigenvalue weighted by Crippen LogP contribution is 2.21. The van der Waals surface area contributed by atoms with Crippen molar-refractivity contribution < 1.29 is 0 Å². The van der Waals surface area contributed by atoms with Gasteiger partial charge in [-0.25, -0.2) is 0 Å². The molecule has 1 fully saturated rings. The van der Waals surface area contributed by atoms with E-state index in [0.29, 0.717) is 0 Å². The van der Waals surface area contributed by atoms with Crippen LogP contribution in [0.15, 0.2) is 42.7 Å². The molecule has 3 rings (SSSR count). The highest BCUT2D eigenvalue weighted by atomic mass is 15.1. The molecule has 0 N–H and O–H groups in total. The summed E-state index contributed by atoms with van der Waals surface area (Å²) in [6.45, 7) is 5.50. The van der Waals surface area contributed by atoms with Gasteiger partial charge >= 0.3 is 0 Å². The summed E-state index contributed by atoms with van der Waals surface area (Å²) >= 11 is 0. The van der Waals surface area contributed by atoms with Gasteiger partial charge in [-0.3, -0.25) is 14.9 Å². The Morgan fingerprint density at radius 3 is 2.86 bits per heavy atom. The monoisotopic (exact) mass is 281 g/mol. The molecule has 3 heteroatoms. The van der Waals surface area contributed by atoms with E-state index in [4.69, 9.17) is 0 Å². The third kappa shape index (κ3) is 4.11. The zero-order valence-electron chi connectivity index (χ0n) is 12.7. The molecule has 2 aromatic rings. The van der Waals surface area contributed by atoms with Crippen LogP contribution in [-0.4, -0.2) is 28.0 Å². The molecule has 2 aromatic heterocycles. The first-order chi connectivity index (χ1) is 10.3. The molecule has 1 saturated heterocycles. The van der Waals surface area contributed by atoms with E-state index >= 15 is 0 Å². The Morgan fingerprint density at radius 1 is 1.19 bits per heavy atom. The van der Waals surface area contributed by atoms with Gasteiger partial charge in [-0.05, 0) is 68.5 Å². The van der Waals surface area contributed by atoms with E-state index in [1.165, 1.54) is 37.2 Å². The normalized spacial score (nSPS) is 19.6. The highest BCUT2D eigenvalue weighted by molar-refractivity contribution is 5.11. The number of aryl methyl sites for hydroxylation is 1. The SMILES string of the molecule is Cc1cccc(CC2CCCN(Cc3ccncc3)C2)n1. The van der Waals surface area contributed by atoms with E-state index in [1.807, 2.05) is 12.4 Å². The first-order valence-electron chi connectivity index (χ1n) is 7.83. The van der Waals surface area contributed by atoms with Crippen LogP contribution in [0, 0.1) is 12.8 Å². The zero-order valence-corrected chi connectivity index (χ0v) is 12.7. The Labute approximate surface area is 127 Å². The fourth-order valence-corrected chi connectivity index (χ4v) is 3.22. The molecule has 1 aliphatic rings. The quantitative estimate of drug-likeness (QED) is 0.861. The predicted molar refractivity (Wildman–Crippen MR) is 84.9 cm³/mol. The van der Waals surface area contributed by atoms with E-state index in [0.717, 1.165) is 24.6 Å². The maximum Gasteiger partial charge on any atom is 0.0410 e. The maximum atomic E-state index is 4.65. The van der Waals surface area contributed by atoms with Crippen LogP contribution < -0.4 is 0 Å². The van der Waals surface area contributed by atoms with Crippen LogP contribution in [0.5, 0.6) is 0 Å². The van der Waals surface area contributed by atoms with Gasteiger partial charge < -0.3 is 0 Å². The second-order valence-corrected chi connectivity index (χ2v) is 6.07. The average Bonchev–Trinajstić information content (AvgIpc) is 2.49. The summed E-state index contributed by atoms with van der Waals surface area (Å²) in [4.78, 5) is 11.3. The van der Waals surface area contributed by atoms with E-state index < -0.39 is 0 Å². The van der Waals surface area contributed by atoms with Gasteiger partial charge in [0, 0.05) is 36.9 Å². The van der Waals surface area contributed by atoms with Crippen LogP contribution in [0.1, 0.15) is 29.8 Å².